The summed E-state index contributed by atoms with van der Waals surface area (Å²) in [4.78, 5) is 1.34. The summed E-state index contributed by atoms with van der Waals surface area (Å²) in [5.41, 5.74) is 1.24. The van der Waals surface area contributed by atoms with E-state index < -0.39 is 0 Å². The van der Waals surface area contributed by atoms with Crippen LogP contribution in [0.3, 0.4) is 0 Å². The van der Waals surface area contributed by atoms with Gasteiger partial charge in [-0.2, -0.15) is 0 Å². The van der Waals surface area contributed by atoms with Gasteiger partial charge in [-0.25, -0.2) is 4.31 Å². The van der Waals surface area contributed by atoms with Gasteiger partial charge in [0, 0.05) is 29.7 Å². The van der Waals surface area contributed by atoms with Crippen LogP contribution < -0.4 is 5.32 Å². The van der Waals surface area contributed by atoms with Crippen LogP contribution in [-0.4, -0.2) is 23.4 Å². The summed E-state index contributed by atoms with van der Waals surface area (Å²) >= 11 is 1.88. The normalized spacial score (nSPS) is 17.0. The van der Waals surface area contributed by atoms with E-state index in [1.807, 2.05) is 11.9 Å². The number of para-hydroxylation sites is 1. The molecule has 2 aromatic carbocycles. The van der Waals surface area contributed by atoms with Crippen LogP contribution in [0.4, 0.5) is 5.69 Å². The maximum Gasteiger partial charge on any atom is 0.0342 e. The van der Waals surface area contributed by atoms with Crippen LogP contribution in [0.2, 0.25) is 0 Å². The number of piperidine rings is 1. The fraction of sp³-hybridized carbons (Fsp3) is 0.294. The molecule has 1 fully saturated rings. The fourth-order valence-electron chi connectivity index (χ4n) is 2.49. The molecule has 0 spiro atoms. The third-order valence-corrected chi connectivity index (χ3v) is 4.68. The van der Waals surface area contributed by atoms with Gasteiger partial charge in [0.25, 0.3) is 0 Å². The Bertz CT molecular complexity index is 458. The SMILES string of the molecule is c1ccc(NC2CCN(Sc3ccccc3)CC2)cc1. The Balaban J connectivity index is 1.47. The molecule has 0 aliphatic carbocycles. The number of benzene rings is 2. The Kier molecular flexibility index (Phi) is 4.61. The first-order valence-corrected chi connectivity index (χ1v) is 7.97. The minimum absolute atomic E-state index is 0.602. The van der Waals surface area contributed by atoms with E-state index in [-0.39, 0.29) is 0 Å². The lowest BCUT2D eigenvalue weighted by atomic mass is 10.1. The standard InChI is InChI=1S/C17H20N2S/c1-3-7-15(8-4-1)18-16-11-13-19(14-12-16)20-17-9-5-2-6-10-17/h1-10,16,18H,11-14H2. The maximum absolute atomic E-state index is 3.63. The summed E-state index contributed by atoms with van der Waals surface area (Å²) in [5.74, 6) is 0. The predicted molar refractivity (Wildman–Crippen MR) is 87.0 cm³/mol. The van der Waals surface area contributed by atoms with Crippen LogP contribution in [-0.2, 0) is 0 Å². The van der Waals surface area contributed by atoms with Gasteiger partial charge in [-0.1, -0.05) is 36.4 Å². The van der Waals surface area contributed by atoms with Crippen molar-refractivity contribution in [3.05, 3.63) is 60.7 Å². The second-order valence-electron chi connectivity index (χ2n) is 5.12. The Morgan fingerprint density at radius 3 is 2.10 bits per heavy atom. The number of hydrogen-bond acceptors (Lipinski definition) is 3. The van der Waals surface area contributed by atoms with Gasteiger partial charge in [0.2, 0.25) is 0 Å². The smallest absolute Gasteiger partial charge is 0.0342 e. The molecule has 0 radical (unpaired) electrons. The van der Waals surface area contributed by atoms with E-state index in [1.165, 1.54) is 23.4 Å². The van der Waals surface area contributed by atoms with Crippen molar-refractivity contribution >= 4 is 17.6 Å². The number of nitrogens with one attached hydrogen (secondary N) is 1. The second kappa shape index (κ2) is 6.82. The summed E-state index contributed by atoms with van der Waals surface area (Å²) in [6.45, 7) is 2.29. The molecular weight excluding hydrogens is 264 g/mol. The van der Waals surface area contributed by atoms with Crippen molar-refractivity contribution in [2.45, 2.75) is 23.8 Å². The summed E-state index contributed by atoms with van der Waals surface area (Å²) in [7, 11) is 0. The summed E-state index contributed by atoms with van der Waals surface area (Å²) in [6.07, 6.45) is 2.41. The zero-order chi connectivity index (χ0) is 13.6. The minimum Gasteiger partial charge on any atom is -0.382 e. The van der Waals surface area contributed by atoms with Crippen LogP contribution >= 0.6 is 11.9 Å². The Morgan fingerprint density at radius 2 is 1.45 bits per heavy atom. The van der Waals surface area contributed by atoms with Crippen molar-refractivity contribution < 1.29 is 0 Å². The molecule has 0 atom stereocenters. The molecule has 2 nitrogen and oxygen atoms in total. The van der Waals surface area contributed by atoms with Gasteiger partial charge < -0.3 is 5.32 Å². The average molecular weight is 284 g/mol. The highest BCUT2D eigenvalue weighted by molar-refractivity contribution is 7.97. The molecule has 0 bridgehead atoms. The van der Waals surface area contributed by atoms with Gasteiger partial charge >= 0.3 is 0 Å². The lowest BCUT2D eigenvalue weighted by molar-refractivity contribution is 0.358. The van der Waals surface area contributed by atoms with Crippen molar-refractivity contribution in [3.63, 3.8) is 0 Å². The lowest BCUT2D eigenvalue weighted by Gasteiger charge is -2.31. The van der Waals surface area contributed by atoms with E-state index in [2.05, 4.69) is 70.3 Å². The summed E-state index contributed by atoms with van der Waals surface area (Å²) < 4.78 is 2.47. The summed E-state index contributed by atoms with van der Waals surface area (Å²) in [5, 5.41) is 3.63. The van der Waals surface area contributed by atoms with Crippen molar-refractivity contribution in [1.29, 1.82) is 0 Å². The van der Waals surface area contributed by atoms with Crippen molar-refractivity contribution in [2.24, 2.45) is 0 Å². The largest absolute Gasteiger partial charge is 0.382 e. The van der Waals surface area contributed by atoms with Gasteiger partial charge in [-0.3, -0.25) is 0 Å². The molecule has 0 aromatic heterocycles. The van der Waals surface area contributed by atoms with E-state index in [1.54, 1.807) is 0 Å². The first kappa shape index (κ1) is 13.5. The Morgan fingerprint density at radius 1 is 0.850 bits per heavy atom. The first-order chi connectivity index (χ1) is 9.90. The van der Waals surface area contributed by atoms with Crippen LogP contribution in [0.15, 0.2) is 65.6 Å². The van der Waals surface area contributed by atoms with Crippen LogP contribution in [0, 0.1) is 0 Å². The van der Waals surface area contributed by atoms with Gasteiger partial charge in [0.15, 0.2) is 0 Å². The van der Waals surface area contributed by atoms with E-state index in [9.17, 15) is 0 Å². The van der Waals surface area contributed by atoms with E-state index >= 15 is 0 Å². The molecule has 1 N–H and O–H groups in total. The van der Waals surface area contributed by atoms with Crippen LogP contribution in [0.25, 0.3) is 0 Å². The molecule has 1 heterocycles. The highest BCUT2D eigenvalue weighted by atomic mass is 32.2. The Labute approximate surface area is 125 Å². The molecule has 20 heavy (non-hydrogen) atoms. The fourth-order valence-corrected chi connectivity index (χ4v) is 3.46. The van der Waals surface area contributed by atoms with Crippen LogP contribution in [0.5, 0.6) is 0 Å². The predicted octanol–water partition coefficient (Wildman–Crippen LogP) is 4.27. The zero-order valence-electron chi connectivity index (χ0n) is 11.5. The van der Waals surface area contributed by atoms with E-state index in [0.717, 1.165) is 13.1 Å². The van der Waals surface area contributed by atoms with Crippen molar-refractivity contribution in [3.8, 4) is 0 Å². The van der Waals surface area contributed by atoms with Gasteiger partial charge in [-0.05, 0) is 49.1 Å². The quantitative estimate of drug-likeness (QED) is 0.844. The molecule has 1 aliphatic heterocycles. The first-order valence-electron chi connectivity index (χ1n) is 7.20. The lowest BCUT2D eigenvalue weighted by Crippen LogP contribution is -2.35. The third kappa shape index (κ3) is 3.78. The van der Waals surface area contributed by atoms with Crippen molar-refractivity contribution in [1.82, 2.24) is 4.31 Å². The zero-order valence-corrected chi connectivity index (χ0v) is 12.4. The minimum atomic E-state index is 0.602. The molecule has 0 unspecified atom stereocenters. The van der Waals surface area contributed by atoms with E-state index in [4.69, 9.17) is 0 Å². The van der Waals surface area contributed by atoms with Gasteiger partial charge in [0.1, 0.15) is 0 Å². The Hall–Kier alpha value is -1.45. The number of nitrogens with zero attached hydrogens (tertiary/aromatic N) is 1. The molecule has 104 valence electrons. The topological polar surface area (TPSA) is 15.3 Å². The monoisotopic (exact) mass is 284 g/mol. The molecule has 0 amide bonds. The molecule has 3 heteroatoms. The number of anilines is 1. The molecule has 2 aromatic rings. The molecule has 0 saturated carbocycles. The maximum atomic E-state index is 3.63. The van der Waals surface area contributed by atoms with Gasteiger partial charge in [0.05, 0.1) is 0 Å². The van der Waals surface area contributed by atoms with Crippen LogP contribution in [0.1, 0.15) is 12.8 Å². The highest BCUT2D eigenvalue weighted by Crippen LogP contribution is 2.26. The average Bonchev–Trinajstić information content (AvgIpc) is 2.51. The van der Waals surface area contributed by atoms with Crippen molar-refractivity contribution in [2.75, 3.05) is 18.4 Å². The van der Waals surface area contributed by atoms with Gasteiger partial charge in [-0.15, -0.1) is 0 Å². The number of rotatable bonds is 4. The molecular formula is C17H20N2S. The highest BCUT2D eigenvalue weighted by Gasteiger charge is 2.19. The summed E-state index contributed by atoms with van der Waals surface area (Å²) in [6, 6.07) is 21.8. The molecule has 1 aliphatic rings. The second-order valence-corrected chi connectivity index (χ2v) is 6.29. The van der Waals surface area contributed by atoms with E-state index in [0.29, 0.717) is 6.04 Å². The number of hydrogen-bond donors (Lipinski definition) is 1. The molecule has 3 rings (SSSR count). The molecule has 1 saturated heterocycles. The third-order valence-electron chi connectivity index (χ3n) is 3.58.